The molecule has 0 aromatic heterocycles. The fourth-order valence-corrected chi connectivity index (χ4v) is 6.76. The summed E-state index contributed by atoms with van der Waals surface area (Å²) in [6.07, 6.45) is 2.03. The molecule has 0 aliphatic carbocycles. The fraction of sp³-hybridized carbons (Fsp3) is 0.519. The van der Waals surface area contributed by atoms with Gasteiger partial charge >= 0.3 is 6.09 Å². The second kappa shape index (κ2) is 13.4. The van der Waals surface area contributed by atoms with E-state index in [0.717, 1.165) is 31.9 Å². The van der Waals surface area contributed by atoms with Crippen molar-refractivity contribution in [3.05, 3.63) is 46.4 Å². The van der Waals surface area contributed by atoms with Gasteiger partial charge in [-0.15, -0.1) is 0 Å². The molecule has 2 aliphatic rings. The number of rotatable bonds is 4. The van der Waals surface area contributed by atoms with Gasteiger partial charge in [0.05, 0.1) is 21.2 Å². The van der Waals surface area contributed by atoms with Crippen LogP contribution in [0.1, 0.15) is 20.8 Å². The number of sulfone groups is 2. The third kappa shape index (κ3) is 9.64. The van der Waals surface area contributed by atoms with Crippen molar-refractivity contribution in [2.24, 2.45) is 0 Å². The maximum atomic E-state index is 12.1. The second-order valence-corrected chi connectivity index (χ2v) is 15.8. The minimum atomic E-state index is -3.39. The number of carbonyl (C=O) groups excluding carboxylic acids is 1. The van der Waals surface area contributed by atoms with E-state index in [2.05, 4.69) is 10.2 Å². The molecule has 14 heteroatoms. The normalized spacial score (nSPS) is 16.6. The summed E-state index contributed by atoms with van der Waals surface area (Å²) in [5.41, 5.74) is 0.831. The molecule has 2 fully saturated rings. The summed E-state index contributed by atoms with van der Waals surface area (Å²) in [5, 5.41) is 4.07. The number of amides is 1. The first-order valence-corrected chi connectivity index (χ1v) is 17.7. The molecule has 2 aromatic rings. The lowest BCUT2D eigenvalue weighted by Gasteiger charge is -2.37. The zero-order valence-corrected chi connectivity index (χ0v) is 27.1. The van der Waals surface area contributed by atoms with E-state index < -0.39 is 25.3 Å². The van der Waals surface area contributed by atoms with Gasteiger partial charge in [0.25, 0.3) is 0 Å². The van der Waals surface area contributed by atoms with Crippen molar-refractivity contribution in [2.75, 3.05) is 74.7 Å². The van der Waals surface area contributed by atoms with Crippen molar-refractivity contribution < 1.29 is 26.4 Å². The fourth-order valence-electron chi connectivity index (χ4n) is 4.45. The minimum Gasteiger partial charge on any atom is -0.444 e. The molecule has 41 heavy (non-hydrogen) atoms. The molecule has 0 spiro atoms. The maximum Gasteiger partial charge on any atom is 0.410 e. The lowest BCUT2D eigenvalue weighted by atomic mass is 10.2. The predicted molar refractivity (Wildman–Crippen MR) is 164 cm³/mol. The van der Waals surface area contributed by atoms with E-state index in [1.807, 2.05) is 25.7 Å². The Balaban J connectivity index is 0.000000239. The number of benzene rings is 2. The third-order valence-corrected chi connectivity index (χ3v) is 9.09. The Labute approximate surface area is 253 Å². The Morgan fingerprint density at radius 1 is 0.756 bits per heavy atom. The first kappa shape index (κ1) is 33.3. The Morgan fingerprint density at radius 2 is 1.17 bits per heavy atom. The SMILES string of the molecule is CC(C)(C)OC(=O)N1CCN(c2ccc(Cl)cc2S(C)(=O)=O)CC1.CS(=O)(=O)c1cc(Cl)ccc1N1CCNCC1. The van der Waals surface area contributed by atoms with Crippen LogP contribution in [0.4, 0.5) is 16.2 Å². The van der Waals surface area contributed by atoms with Crippen molar-refractivity contribution in [1.29, 1.82) is 0 Å². The zero-order chi connectivity index (χ0) is 30.6. The molecule has 10 nitrogen and oxygen atoms in total. The minimum absolute atomic E-state index is 0.209. The van der Waals surface area contributed by atoms with Crippen LogP contribution in [-0.2, 0) is 24.4 Å². The highest BCUT2D eigenvalue weighted by molar-refractivity contribution is 7.91. The standard InChI is InChI=1S/C16H23ClN2O4S.C11H15ClN2O2S/c1-16(2,3)23-15(20)19-9-7-18(8-10-19)13-6-5-12(17)11-14(13)24(4,21)22;1-17(15,16)11-8-9(12)2-3-10(11)14-6-4-13-5-7-14/h5-6,11H,7-10H2,1-4H3;2-3,8,13H,4-7H2,1H3. The highest BCUT2D eigenvalue weighted by atomic mass is 35.5. The number of hydrogen-bond donors (Lipinski definition) is 1. The molecule has 0 bridgehead atoms. The zero-order valence-electron chi connectivity index (χ0n) is 24.0. The highest BCUT2D eigenvalue weighted by Gasteiger charge is 2.28. The van der Waals surface area contributed by atoms with Gasteiger partial charge in [-0.2, -0.15) is 0 Å². The van der Waals surface area contributed by atoms with Gasteiger partial charge in [0.2, 0.25) is 0 Å². The first-order chi connectivity index (χ1) is 19.0. The second-order valence-electron chi connectivity index (χ2n) is 11.0. The van der Waals surface area contributed by atoms with Crippen LogP contribution < -0.4 is 15.1 Å². The molecule has 1 amide bonds. The molecule has 0 unspecified atom stereocenters. The molecule has 0 saturated carbocycles. The molecule has 4 rings (SSSR count). The van der Waals surface area contributed by atoms with Gasteiger partial charge in [-0.1, -0.05) is 23.2 Å². The van der Waals surface area contributed by atoms with E-state index in [4.69, 9.17) is 27.9 Å². The molecular formula is C27H38Cl2N4O6S2. The maximum absolute atomic E-state index is 12.1. The van der Waals surface area contributed by atoms with Crippen LogP contribution in [0.25, 0.3) is 0 Å². The number of carbonyl (C=O) groups is 1. The van der Waals surface area contributed by atoms with Crippen LogP contribution in [0, 0.1) is 0 Å². The van der Waals surface area contributed by atoms with Crippen LogP contribution in [-0.4, -0.2) is 98.3 Å². The molecule has 2 saturated heterocycles. The van der Waals surface area contributed by atoms with E-state index in [-0.39, 0.29) is 11.0 Å². The quantitative estimate of drug-likeness (QED) is 0.526. The Morgan fingerprint density at radius 3 is 1.56 bits per heavy atom. The van der Waals surface area contributed by atoms with Crippen LogP contribution in [0.3, 0.4) is 0 Å². The molecule has 228 valence electrons. The lowest BCUT2D eigenvalue weighted by molar-refractivity contribution is 0.0240. The van der Waals surface area contributed by atoms with Gasteiger partial charge in [-0.25, -0.2) is 21.6 Å². The Hall–Kier alpha value is -2.25. The van der Waals surface area contributed by atoms with Gasteiger partial charge in [0.1, 0.15) is 5.60 Å². The third-order valence-electron chi connectivity index (χ3n) is 6.37. The Kier molecular flexibility index (Phi) is 10.8. The number of hydrogen-bond acceptors (Lipinski definition) is 9. The number of halogens is 2. The summed E-state index contributed by atoms with van der Waals surface area (Å²) >= 11 is 11.8. The van der Waals surface area contributed by atoms with Crippen LogP contribution in [0.15, 0.2) is 46.2 Å². The monoisotopic (exact) mass is 648 g/mol. The topological polar surface area (TPSA) is 116 Å². The van der Waals surface area contributed by atoms with E-state index >= 15 is 0 Å². The first-order valence-electron chi connectivity index (χ1n) is 13.1. The number of nitrogens with zero attached hydrogens (tertiary/aromatic N) is 3. The van der Waals surface area contributed by atoms with E-state index in [1.165, 1.54) is 24.6 Å². The largest absolute Gasteiger partial charge is 0.444 e. The van der Waals surface area contributed by atoms with Gasteiger partial charge in [-0.3, -0.25) is 0 Å². The average Bonchev–Trinajstić information content (AvgIpc) is 2.88. The van der Waals surface area contributed by atoms with E-state index in [9.17, 15) is 21.6 Å². The van der Waals surface area contributed by atoms with Gasteiger partial charge in [0, 0.05) is 74.9 Å². The van der Waals surface area contributed by atoms with Crippen molar-refractivity contribution in [3.8, 4) is 0 Å². The highest BCUT2D eigenvalue weighted by Crippen LogP contribution is 2.30. The summed E-state index contributed by atoms with van der Waals surface area (Å²) < 4.78 is 52.9. The van der Waals surface area contributed by atoms with Crippen molar-refractivity contribution in [1.82, 2.24) is 10.2 Å². The van der Waals surface area contributed by atoms with Gasteiger partial charge in [-0.05, 0) is 57.2 Å². The number of piperazine rings is 2. The molecule has 2 aliphatic heterocycles. The molecule has 0 atom stereocenters. The van der Waals surface area contributed by atoms with Crippen LogP contribution in [0.2, 0.25) is 10.0 Å². The molecule has 1 N–H and O–H groups in total. The molecule has 2 aromatic carbocycles. The lowest BCUT2D eigenvalue weighted by Crippen LogP contribution is -2.50. The van der Waals surface area contributed by atoms with Crippen LogP contribution in [0.5, 0.6) is 0 Å². The van der Waals surface area contributed by atoms with E-state index in [1.54, 1.807) is 29.2 Å². The average molecular weight is 650 g/mol. The smallest absolute Gasteiger partial charge is 0.410 e. The van der Waals surface area contributed by atoms with Crippen molar-refractivity contribution in [2.45, 2.75) is 36.2 Å². The predicted octanol–water partition coefficient (Wildman–Crippen LogP) is 3.95. The van der Waals surface area contributed by atoms with E-state index in [0.29, 0.717) is 46.8 Å². The summed E-state index contributed by atoms with van der Waals surface area (Å²) in [7, 11) is -6.64. The van der Waals surface area contributed by atoms with Crippen LogP contribution >= 0.6 is 23.2 Å². The molecular weight excluding hydrogens is 611 g/mol. The summed E-state index contributed by atoms with van der Waals surface area (Å²) in [6.45, 7) is 10.8. The number of anilines is 2. The molecule has 0 radical (unpaired) electrons. The van der Waals surface area contributed by atoms with Crippen molar-refractivity contribution >= 4 is 60.3 Å². The Bertz CT molecular complexity index is 1450. The summed E-state index contributed by atoms with van der Waals surface area (Å²) in [6, 6.07) is 9.88. The molecule has 2 heterocycles. The summed E-state index contributed by atoms with van der Waals surface area (Å²) in [4.78, 5) is 18.3. The van der Waals surface area contributed by atoms with Gasteiger partial charge in [0.15, 0.2) is 19.7 Å². The number of ether oxygens (including phenoxy) is 1. The van der Waals surface area contributed by atoms with Crippen molar-refractivity contribution in [3.63, 3.8) is 0 Å². The summed E-state index contributed by atoms with van der Waals surface area (Å²) in [5.74, 6) is 0. The number of nitrogens with one attached hydrogen (secondary N) is 1. The van der Waals surface area contributed by atoms with Gasteiger partial charge < -0.3 is 24.8 Å².